The molecule has 0 radical (unpaired) electrons. The van der Waals surface area contributed by atoms with E-state index in [0.29, 0.717) is 56.3 Å². The SMILES string of the molecule is CCOc1ccc([C@@H]2C(C(=O)OC)=CN=c3s/c(=C\c4cc(Cl)c(OCc5ccccc5C#N)c(Cl)c4)c(=O)n32)cc1OCC. The molecule has 0 aliphatic carbocycles. The fourth-order valence-corrected chi connectivity index (χ4v) is 6.43. The van der Waals surface area contributed by atoms with Gasteiger partial charge in [-0.25, -0.2) is 9.79 Å². The minimum atomic E-state index is -0.829. The monoisotopic (exact) mass is 663 g/mol. The van der Waals surface area contributed by atoms with Crippen molar-refractivity contribution >= 4 is 46.6 Å². The van der Waals surface area contributed by atoms with Crippen molar-refractivity contribution in [3.05, 3.63) is 118 Å². The summed E-state index contributed by atoms with van der Waals surface area (Å²) in [7, 11) is 1.28. The third kappa shape index (κ3) is 6.61. The van der Waals surface area contributed by atoms with Gasteiger partial charge in [-0.05, 0) is 61.4 Å². The maximum Gasteiger partial charge on any atom is 0.337 e. The predicted octanol–water partition coefficient (Wildman–Crippen LogP) is 5.57. The number of hydrogen-bond acceptors (Lipinski definition) is 9. The molecule has 12 heteroatoms. The van der Waals surface area contributed by atoms with Crippen molar-refractivity contribution in [2.75, 3.05) is 20.3 Å². The number of methoxy groups -OCH3 is 1. The molecule has 0 bridgehead atoms. The van der Waals surface area contributed by atoms with E-state index >= 15 is 0 Å². The van der Waals surface area contributed by atoms with Gasteiger partial charge >= 0.3 is 5.97 Å². The molecule has 2 heterocycles. The average molecular weight is 665 g/mol. The topological polar surface area (TPSA) is 112 Å². The van der Waals surface area contributed by atoms with Crippen LogP contribution in [0.1, 0.15) is 42.1 Å². The van der Waals surface area contributed by atoms with E-state index in [1.54, 1.807) is 54.6 Å². The summed E-state index contributed by atoms with van der Waals surface area (Å²) >= 11 is 14.3. The normalized spacial score (nSPS) is 14.1. The van der Waals surface area contributed by atoms with Gasteiger partial charge < -0.3 is 18.9 Å². The van der Waals surface area contributed by atoms with Crippen LogP contribution in [0.25, 0.3) is 6.08 Å². The number of carbonyl (C=O) groups excluding carboxylic acids is 1. The lowest BCUT2D eigenvalue weighted by Gasteiger charge is -2.23. The smallest absolute Gasteiger partial charge is 0.337 e. The second-order valence-corrected chi connectivity index (χ2v) is 11.4. The van der Waals surface area contributed by atoms with Gasteiger partial charge in [0.1, 0.15) is 6.61 Å². The zero-order valence-electron chi connectivity index (χ0n) is 24.5. The molecule has 45 heavy (non-hydrogen) atoms. The van der Waals surface area contributed by atoms with Crippen LogP contribution in [-0.2, 0) is 16.1 Å². The lowest BCUT2D eigenvalue weighted by Crippen LogP contribution is -2.39. The highest BCUT2D eigenvalue weighted by molar-refractivity contribution is 7.07. The first-order valence-corrected chi connectivity index (χ1v) is 15.4. The first-order chi connectivity index (χ1) is 21.8. The van der Waals surface area contributed by atoms with Gasteiger partial charge in [0.05, 0.1) is 58.1 Å². The van der Waals surface area contributed by atoms with E-state index in [1.807, 2.05) is 19.9 Å². The molecule has 0 saturated heterocycles. The van der Waals surface area contributed by atoms with Gasteiger partial charge in [0.25, 0.3) is 5.56 Å². The standard InChI is InChI=1S/C33H27Cl2N3O6S/c1-4-42-26-11-10-20(15-27(26)43-5-2)29-23(32(40)41-3)17-37-33-38(29)31(39)28(45-33)14-19-12-24(34)30(25(35)13-19)44-18-22-9-7-6-8-21(22)16-36/h6-15,17,29H,4-5,18H2,1-3H3/b28-14-/t29-/m1/s1. The number of rotatable bonds is 10. The van der Waals surface area contributed by atoms with E-state index in [-0.39, 0.29) is 33.5 Å². The molecule has 230 valence electrons. The number of hydrogen-bond donors (Lipinski definition) is 0. The van der Waals surface area contributed by atoms with E-state index in [9.17, 15) is 14.9 Å². The fraction of sp³-hybridized carbons (Fsp3) is 0.212. The van der Waals surface area contributed by atoms with Gasteiger partial charge in [-0.1, -0.05) is 58.8 Å². The first kappa shape index (κ1) is 31.9. The van der Waals surface area contributed by atoms with E-state index < -0.39 is 12.0 Å². The molecule has 3 aromatic carbocycles. The highest BCUT2D eigenvalue weighted by Crippen LogP contribution is 2.36. The molecular weight excluding hydrogens is 637 g/mol. The van der Waals surface area contributed by atoms with Crippen LogP contribution in [0, 0.1) is 11.3 Å². The Balaban J connectivity index is 1.54. The number of nitriles is 1. The van der Waals surface area contributed by atoms with E-state index in [4.69, 9.17) is 42.1 Å². The zero-order valence-corrected chi connectivity index (χ0v) is 26.8. The quantitative estimate of drug-likeness (QED) is 0.204. The van der Waals surface area contributed by atoms with Gasteiger partial charge in [0.15, 0.2) is 22.0 Å². The molecule has 1 aliphatic heterocycles. The summed E-state index contributed by atoms with van der Waals surface area (Å²) in [6.07, 6.45) is 3.08. The lowest BCUT2D eigenvalue weighted by molar-refractivity contribution is -0.136. The van der Waals surface area contributed by atoms with Gasteiger partial charge in [0, 0.05) is 11.8 Å². The summed E-state index contributed by atoms with van der Waals surface area (Å²) in [5.41, 5.74) is 2.18. The van der Waals surface area contributed by atoms with Gasteiger partial charge in [0.2, 0.25) is 0 Å². The van der Waals surface area contributed by atoms with Crippen LogP contribution >= 0.6 is 34.5 Å². The Morgan fingerprint density at radius 2 is 1.76 bits per heavy atom. The van der Waals surface area contributed by atoms with E-state index in [1.165, 1.54) is 17.9 Å². The van der Waals surface area contributed by atoms with Crippen molar-refractivity contribution in [1.82, 2.24) is 4.57 Å². The van der Waals surface area contributed by atoms with Crippen LogP contribution in [-0.4, -0.2) is 30.9 Å². The molecule has 4 aromatic rings. The minimum Gasteiger partial charge on any atom is -0.490 e. The third-order valence-electron chi connectivity index (χ3n) is 6.84. The van der Waals surface area contributed by atoms with E-state index in [2.05, 4.69) is 11.1 Å². The number of halogens is 2. The molecule has 0 saturated carbocycles. The summed E-state index contributed by atoms with van der Waals surface area (Å²) < 4.78 is 24.2. The molecule has 0 fully saturated rings. The van der Waals surface area contributed by atoms with Gasteiger partial charge in [-0.3, -0.25) is 9.36 Å². The number of carbonyl (C=O) groups is 1. The lowest BCUT2D eigenvalue weighted by atomic mass is 9.97. The number of nitrogens with zero attached hydrogens (tertiary/aromatic N) is 3. The number of esters is 1. The molecule has 0 amide bonds. The Morgan fingerprint density at radius 3 is 2.44 bits per heavy atom. The molecular formula is C33H27Cl2N3O6S. The Kier molecular flexibility index (Phi) is 9.93. The van der Waals surface area contributed by atoms with Crippen LogP contribution in [0.15, 0.2) is 76.2 Å². The Bertz CT molecular complexity index is 2010. The molecule has 5 rings (SSSR count). The number of aromatic nitrogens is 1. The molecule has 0 N–H and O–H groups in total. The molecule has 0 spiro atoms. The number of fused-ring (bicyclic) bond motifs is 1. The summed E-state index contributed by atoms with van der Waals surface area (Å²) in [6.45, 7) is 4.67. The molecule has 9 nitrogen and oxygen atoms in total. The average Bonchev–Trinajstić information content (AvgIpc) is 3.35. The Labute approximate surface area is 272 Å². The number of thiazole rings is 1. The second-order valence-electron chi connectivity index (χ2n) is 9.62. The maximum absolute atomic E-state index is 13.9. The number of ether oxygens (including phenoxy) is 4. The predicted molar refractivity (Wildman–Crippen MR) is 172 cm³/mol. The van der Waals surface area contributed by atoms with Crippen molar-refractivity contribution in [2.24, 2.45) is 4.99 Å². The Morgan fingerprint density at radius 1 is 1.04 bits per heavy atom. The van der Waals surface area contributed by atoms with Crippen molar-refractivity contribution in [3.63, 3.8) is 0 Å². The summed E-state index contributed by atoms with van der Waals surface area (Å²) in [6, 6.07) is 16.9. The molecule has 1 aromatic heterocycles. The van der Waals surface area contributed by atoms with Crippen LogP contribution in [0.4, 0.5) is 0 Å². The highest BCUT2D eigenvalue weighted by atomic mass is 35.5. The van der Waals surface area contributed by atoms with Crippen molar-refractivity contribution in [3.8, 4) is 23.3 Å². The summed E-state index contributed by atoms with van der Waals surface area (Å²) in [5, 5.41) is 9.82. The molecule has 0 unspecified atom stereocenters. The van der Waals surface area contributed by atoms with E-state index in [0.717, 1.165) is 11.3 Å². The van der Waals surface area contributed by atoms with Crippen LogP contribution in [0.5, 0.6) is 17.2 Å². The molecule has 1 atom stereocenters. The van der Waals surface area contributed by atoms with Gasteiger partial charge in [-0.2, -0.15) is 5.26 Å². The zero-order chi connectivity index (χ0) is 32.1. The first-order valence-electron chi connectivity index (χ1n) is 13.9. The fourth-order valence-electron chi connectivity index (χ4n) is 4.84. The largest absolute Gasteiger partial charge is 0.490 e. The highest BCUT2D eigenvalue weighted by Gasteiger charge is 2.31. The summed E-state index contributed by atoms with van der Waals surface area (Å²) in [5.74, 6) is 0.682. The third-order valence-corrected chi connectivity index (χ3v) is 8.39. The van der Waals surface area contributed by atoms with Crippen LogP contribution in [0.2, 0.25) is 10.0 Å². The van der Waals surface area contributed by atoms with Crippen LogP contribution < -0.4 is 29.1 Å². The van der Waals surface area contributed by atoms with Gasteiger partial charge in [-0.15, -0.1) is 0 Å². The summed E-state index contributed by atoms with van der Waals surface area (Å²) in [4.78, 5) is 31.6. The maximum atomic E-state index is 13.9. The van der Waals surface area contributed by atoms with Crippen molar-refractivity contribution in [1.29, 1.82) is 5.26 Å². The van der Waals surface area contributed by atoms with Crippen LogP contribution in [0.3, 0.4) is 0 Å². The number of benzene rings is 3. The second kappa shape index (κ2) is 14.0. The molecule has 1 aliphatic rings. The van der Waals surface area contributed by atoms with Crippen molar-refractivity contribution in [2.45, 2.75) is 26.5 Å². The minimum absolute atomic E-state index is 0.0974. The van der Waals surface area contributed by atoms with Crippen molar-refractivity contribution < 1.29 is 23.7 Å². The Hall–Kier alpha value is -4.56.